The minimum Gasteiger partial charge on any atom is -0.467 e. The van der Waals surface area contributed by atoms with Crippen molar-refractivity contribution in [1.82, 2.24) is 14.8 Å². The molecule has 0 aliphatic carbocycles. The first kappa shape index (κ1) is 14.9. The van der Waals surface area contributed by atoms with Gasteiger partial charge in [0.15, 0.2) is 5.16 Å². The molecule has 3 aromatic rings. The summed E-state index contributed by atoms with van der Waals surface area (Å²) in [5.74, 6) is 2.36. The van der Waals surface area contributed by atoms with Crippen molar-refractivity contribution in [3.8, 4) is 0 Å². The maximum Gasteiger partial charge on any atom is 0.191 e. The fourth-order valence-electron chi connectivity index (χ4n) is 2.18. The summed E-state index contributed by atoms with van der Waals surface area (Å²) < 4.78 is 7.38. The summed E-state index contributed by atoms with van der Waals surface area (Å²) >= 11 is 1.69. The van der Waals surface area contributed by atoms with Gasteiger partial charge in [0.25, 0.3) is 0 Å². The van der Waals surface area contributed by atoms with Crippen LogP contribution in [0.5, 0.6) is 0 Å². The molecule has 0 aliphatic rings. The summed E-state index contributed by atoms with van der Waals surface area (Å²) in [6.45, 7) is 5.08. The number of nitrogens with zero attached hydrogens (tertiary/aromatic N) is 3. The Morgan fingerprint density at radius 3 is 2.68 bits per heavy atom. The van der Waals surface area contributed by atoms with Crippen LogP contribution in [0.1, 0.15) is 36.7 Å². The van der Waals surface area contributed by atoms with Crippen LogP contribution in [0.25, 0.3) is 0 Å². The maximum absolute atomic E-state index is 5.37. The van der Waals surface area contributed by atoms with E-state index in [1.807, 2.05) is 16.7 Å². The average Bonchev–Trinajstić information content (AvgIpc) is 3.18. The van der Waals surface area contributed by atoms with Crippen molar-refractivity contribution in [2.45, 2.75) is 37.2 Å². The van der Waals surface area contributed by atoms with E-state index >= 15 is 0 Å². The van der Waals surface area contributed by atoms with E-state index in [9.17, 15) is 0 Å². The lowest BCUT2D eigenvalue weighted by Crippen LogP contribution is -1.99. The molecular formula is C17H19N3OS. The lowest BCUT2D eigenvalue weighted by molar-refractivity contribution is 0.484. The number of rotatable bonds is 6. The molecular weight excluding hydrogens is 294 g/mol. The van der Waals surface area contributed by atoms with Gasteiger partial charge >= 0.3 is 0 Å². The Bertz CT molecular complexity index is 702. The van der Waals surface area contributed by atoms with Gasteiger partial charge in [-0.1, -0.05) is 49.9 Å². The number of furan rings is 1. The van der Waals surface area contributed by atoms with Crippen molar-refractivity contribution in [2.24, 2.45) is 0 Å². The van der Waals surface area contributed by atoms with E-state index in [-0.39, 0.29) is 0 Å². The molecule has 0 spiro atoms. The van der Waals surface area contributed by atoms with E-state index in [1.165, 1.54) is 11.1 Å². The van der Waals surface area contributed by atoms with E-state index in [1.54, 1.807) is 24.4 Å². The summed E-state index contributed by atoms with van der Waals surface area (Å²) in [6.07, 6.45) is 3.43. The normalized spacial score (nSPS) is 11.2. The van der Waals surface area contributed by atoms with Crippen LogP contribution >= 0.6 is 11.8 Å². The molecule has 0 radical (unpaired) electrons. The second-order valence-electron chi connectivity index (χ2n) is 5.51. The Hall–Kier alpha value is -2.01. The van der Waals surface area contributed by atoms with Gasteiger partial charge in [0.1, 0.15) is 12.1 Å². The van der Waals surface area contributed by atoms with Gasteiger partial charge < -0.3 is 8.98 Å². The van der Waals surface area contributed by atoms with Crippen molar-refractivity contribution in [3.63, 3.8) is 0 Å². The van der Waals surface area contributed by atoms with Crippen LogP contribution in [0.15, 0.2) is 58.6 Å². The number of aromatic nitrogens is 3. The Morgan fingerprint density at radius 1 is 1.18 bits per heavy atom. The molecule has 0 amide bonds. The van der Waals surface area contributed by atoms with Gasteiger partial charge in [-0.15, -0.1) is 10.2 Å². The van der Waals surface area contributed by atoms with Gasteiger partial charge in [0.2, 0.25) is 0 Å². The minimum absolute atomic E-state index is 0.568. The Morgan fingerprint density at radius 2 is 2.00 bits per heavy atom. The Labute approximate surface area is 134 Å². The molecule has 4 nitrogen and oxygen atoms in total. The van der Waals surface area contributed by atoms with E-state index in [4.69, 9.17) is 4.42 Å². The standard InChI is InChI=1S/C17H19N3OS/c1-13(2)15-7-5-14(6-8-15)11-22-17-19-18-12-20(17)10-16-4-3-9-21-16/h3-9,12-13H,10-11H2,1-2H3. The quantitative estimate of drug-likeness (QED) is 0.635. The van der Waals surface area contributed by atoms with Gasteiger partial charge in [-0.3, -0.25) is 0 Å². The highest BCUT2D eigenvalue weighted by atomic mass is 32.2. The fraction of sp³-hybridized carbons (Fsp3) is 0.294. The van der Waals surface area contributed by atoms with E-state index < -0.39 is 0 Å². The van der Waals surface area contributed by atoms with Crippen molar-refractivity contribution < 1.29 is 4.42 Å². The molecule has 0 saturated heterocycles. The molecule has 0 fully saturated rings. The molecule has 0 unspecified atom stereocenters. The molecule has 2 aromatic heterocycles. The Balaban J connectivity index is 1.63. The third-order valence-corrected chi connectivity index (χ3v) is 4.55. The molecule has 0 bridgehead atoms. The zero-order valence-corrected chi connectivity index (χ0v) is 13.6. The van der Waals surface area contributed by atoms with E-state index in [0.29, 0.717) is 12.5 Å². The molecule has 22 heavy (non-hydrogen) atoms. The van der Waals surface area contributed by atoms with Crippen LogP contribution in [-0.2, 0) is 12.3 Å². The van der Waals surface area contributed by atoms with Crippen molar-refractivity contribution >= 4 is 11.8 Å². The van der Waals surface area contributed by atoms with E-state index in [2.05, 4.69) is 48.3 Å². The summed E-state index contributed by atoms with van der Waals surface area (Å²) in [6, 6.07) is 12.6. The molecule has 2 heterocycles. The first-order chi connectivity index (χ1) is 10.7. The summed E-state index contributed by atoms with van der Waals surface area (Å²) in [7, 11) is 0. The molecule has 0 aliphatic heterocycles. The van der Waals surface area contributed by atoms with Crippen LogP contribution in [0.3, 0.4) is 0 Å². The molecule has 114 valence electrons. The first-order valence-electron chi connectivity index (χ1n) is 7.34. The number of thioether (sulfide) groups is 1. The van der Waals surface area contributed by atoms with Crippen molar-refractivity contribution in [1.29, 1.82) is 0 Å². The van der Waals surface area contributed by atoms with Crippen LogP contribution in [0.4, 0.5) is 0 Å². The molecule has 0 N–H and O–H groups in total. The van der Waals surface area contributed by atoms with Gasteiger partial charge in [-0.2, -0.15) is 0 Å². The summed E-state index contributed by atoms with van der Waals surface area (Å²) in [5, 5.41) is 9.10. The molecule has 3 rings (SSSR count). The zero-order chi connectivity index (χ0) is 15.4. The number of benzene rings is 1. The van der Waals surface area contributed by atoms with Crippen LogP contribution in [-0.4, -0.2) is 14.8 Å². The largest absolute Gasteiger partial charge is 0.467 e. The van der Waals surface area contributed by atoms with Crippen molar-refractivity contribution in [3.05, 3.63) is 65.9 Å². The monoisotopic (exact) mass is 313 g/mol. The molecule has 0 atom stereocenters. The Kier molecular flexibility index (Phi) is 4.63. The minimum atomic E-state index is 0.568. The van der Waals surface area contributed by atoms with E-state index in [0.717, 1.165) is 16.7 Å². The molecule has 5 heteroatoms. The molecule has 1 aromatic carbocycles. The first-order valence-corrected chi connectivity index (χ1v) is 8.33. The second-order valence-corrected chi connectivity index (χ2v) is 6.45. The number of hydrogen-bond acceptors (Lipinski definition) is 4. The summed E-state index contributed by atoms with van der Waals surface area (Å²) in [5.41, 5.74) is 2.66. The van der Waals surface area contributed by atoms with Gasteiger partial charge in [-0.25, -0.2) is 0 Å². The highest BCUT2D eigenvalue weighted by Crippen LogP contribution is 2.23. The van der Waals surface area contributed by atoms with Crippen molar-refractivity contribution in [2.75, 3.05) is 0 Å². The zero-order valence-electron chi connectivity index (χ0n) is 12.8. The van der Waals surface area contributed by atoms with Crippen LogP contribution in [0, 0.1) is 0 Å². The number of hydrogen-bond donors (Lipinski definition) is 0. The van der Waals surface area contributed by atoms with Crippen LogP contribution < -0.4 is 0 Å². The van der Waals surface area contributed by atoms with Gasteiger partial charge in [-0.05, 0) is 29.2 Å². The maximum atomic E-state index is 5.37. The molecule has 0 saturated carbocycles. The average molecular weight is 313 g/mol. The highest BCUT2D eigenvalue weighted by molar-refractivity contribution is 7.98. The lowest BCUT2D eigenvalue weighted by Gasteiger charge is -2.07. The smallest absolute Gasteiger partial charge is 0.191 e. The predicted octanol–water partition coefficient (Wildman–Crippen LogP) is 4.34. The third-order valence-electron chi connectivity index (χ3n) is 3.50. The lowest BCUT2D eigenvalue weighted by atomic mass is 10.0. The van der Waals surface area contributed by atoms with Crippen LogP contribution in [0.2, 0.25) is 0 Å². The second kappa shape index (κ2) is 6.83. The summed E-state index contributed by atoms with van der Waals surface area (Å²) in [4.78, 5) is 0. The topological polar surface area (TPSA) is 43.9 Å². The highest BCUT2D eigenvalue weighted by Gasteiger charge is 2.08. The third kappa shape index (κ3) is 3.60. The van der Waals surface area contributed by atoms with Gasteiger partial charge in [0.05, 0.1) is 12.8 Å². The van der Waals surface area contributed by atoms with Gasteiger partial charge in [0, 0.05) is 5.75 Å². The fourth-order valence-corrected chi connectivity index (χ4v) is 3.05. The predicted molar refractivity (Wildman–Crippen MR) is 87.9 cm³/mol. The SMILES string of the molecule is CC(C)c1ccc(CSc2nncn2Cc2ccco2)cc1.